The molecule has 2 rings (SSSR count). The lowest BCUT2D eigenvalue weighted by Gasteiger charge is -2.37. The van der Waals surface area contributed by atoms with Crippen LogP contribution >= 0.6 is 0 Å². The number of amides is 2. The van der Waals surface area contributed by atoms with Gasteiger partial charge >= 0.3 is 5.97 Å². The average molecular weight is 339 g/mol. The molecule has 0 unspecified atom stereocenters. The third-order valence-corrected chi connectivity index (χ3v) is 4.30. The SMILES string of the molecule is CCO[C@H]1CCC[C@H](OCC)C1COC(=O)CC1=CC(=O)NC1=O. The van der Waals surface area contributed by atoms with E-state index in [1.807, 2.05) is 13.8 Å². The van der Waals surface area contributed by atoms with Gasteiger partial charge < -0.3 is 14.2 Å². The third-order valence-electron chi connectivity index (χ3n) is 4.30. The largest absolute Gasteiger partial charge is 0.465 e. The van der Waals surface area contributed by atoms with E-state index in [-0.39, 0.29) is 36.7 Å². The highest BCUT2D eigenvalue weighted by molar-refractivity contribution is 6.17. The van der Waals surface area contributed by atoms with Crippen molar-refractivity contribution in [3.63, 3.8) is 0 Å². The second-order valence-electron chi connectivity index (χ2n) is 5.93. The number of carbonyl (C=O) groups excluding carboxylic acids is 3. The van der Waals surface area contributed by atoms with Crippen molar-refractivity contribution in [3.8, 4) is 0 Å². The molecule has 2 atom stereocenters. The van der Waals surface area contributed by atoms with Gasteiger partial charge in [-0.25, -0.2) is 0 Å². The molecule has 0 saturated heterocycles. The summed E-state index contributed by atoms with van der Waals surface area (Å²) in [6.07, 6.45) is 3.80. The number of rotatable bonds is 8. The number of esters is 1. The van der Waals surface area contributed by atoms with Gasteiger partial charge in [-0.05, 0) is 33.1 Å². The summed E-state index contributed by atoms with van der Waals surface area (Å²) in [5.74, 6) is -1.57. The lowest BCUT2D eigenvalue weighted by molar-refractivity contribution is -0.153. The highest BCUT2D eigenvalue weighted by Gasteiger charge is 2.35. The highest BCUT2D eigenvalue weighted by Crippen LogP contribution is 2.30. The van der Waals surface area contributed by atoms with Crippen LogP contribution in [-0.2, 0) is 28.6 Å². The van der Waals surface area contributed by atoms with E-state index in [0.717, 1.165) is 25.3 Å². The molecule has 1 heterocycles. The third kappa shape index (κ3) is 4.88. The number of nitrogens with one attached hydrogen (secondary N) is 1. The fraction of sp³-hybridized carbons (Fsp3) is 0.706. The molecule has 7 nitrogen and oxygen atoms in total. The molecule has 0 aromatic carbocycles. The number of imide groups is 1. The second-order valence-corrected chi connectivity index (χ2v) is 5.93. The summed E-state index contributed by atoms with van der Waals surface area (Å²) >= 11 is 0. The fourth-order valence-electron chi connectivity index (χ4n) is 3.22. The Morgan fingerprint density at radius 3 is 2.29 bits per heavy atom. The van der Waals surface area contributed by atoms with Crippen LogP contribution in [0.5, 0.6) is 0 Å². The summed E-state index contributed by atoms with van der Waals surface area (Å²) in [6, 6.07) is 0. The monoisotopic (exact) mass is 339 g/mol. The standard InChI is InChI=1S/C17H25NO6/c1-3-22-13-6-5-7-14(23-4-2)12(13)10-24-16(20)9-11-8-15(19)18-17(11)21/h8,12-14H,3-7,9-10H2,1-2H3,(H,18,19,21)/t13-,14-/m0/s1. The lowest BCUT2D eigenvalue weighted by atomic mass is 9.84. The maximum atomic E-state index is 12.0. The van der Waals surface area contributed by atoms with Crippen LogP contribution in [0.3, 0.4) is 0 Å². The molecule has 2 amide bonds. The van der Waals surface area contributed by atoms with E-state index >= 15 is 0 Å². The average Bonchev–Trinajstić information content (AvgIpc) is 2.85. The topological polar surface area (TPSA) is 90.9 Å². The van der Waals surface area contributed by atoms with Crippen molar-refractivity contribution in [1.82, 2.24) is 5.32 Å². The zero-order valence-corrected chi connectivity index (χ0v) is 14.2. The Bertz CT molecular complexity index is 497. The molecule has 0 bridgehead atoms. The molecule has 1 N–H and O–H groups in total. The molecule has 0 aromatic heterocycles. The van der Waals surface area contributed by atoms with Crippen LogP contribution in [0.15, 0.2) is 11.6 Å². The van der Waals surface area contributed by atoms with Gasteiger partial charge in [0.15, 0.2) is 0 Å². The molecule has 2 aliphatic rings. The van der Waals surface area contributed by atoms with Gasteiger partial charge in [-0.1, -0.05) is 0 Å². The van der Waals surface area contributed by atoms with E-state index in [0.29, 0.717) is 13.2 Å². The highest BCUT2D eigenvalue weighted by atomic mass is 16.5. The predicted molar refractivity (Wildman–Crippen MR) is 85.0 cm³/mol. The van der Waals surface area contributed by atoms with Gasteiger partial charge in [0.25, 0.3) is 11.8 Å². The zero-order valence-electron chi connectivity index (χ0n) is 14.2. The molecular formula is C17H25NO6. The van der Waals surface area contributed by atoms with Crippen LogP contribution in [0.2, 0.25) is 0 Å². The number of hydrogen-bond donors (Lipinski definition) is 1. The van der Waals surface area contributed by atoms with E-state index in [9.17, 15) is 14.4 Å². The molecular weight excluding hydrogens is 314 g/mol. The lowest BCUT2D eigenvalue weighted by Crippen LogP contribution is -2.42. The van der Waals surface area contributed by atoms with Crippen LogP contribution < -0.4 is 5.32 Å². The van der Waals surface area contributed by atoms with Crippen LogP contribution in [-0.4, -0.2) is 49.8 Å². The normalized spacial score (nSPS) is 24.7. The van der Waals surface area contributed by atoms with Gasteiger partial charge in [-0.15, -0.1) is 0 Å². The first kappa shape index (κ1) is 18.6. The first-order valence-electron chi connectivity index (χ1n) is 8.49. The molecule has 1 aliphatic heterocycles. The molecule has 1 fully saturated rings. The molecule has 0 spiro atoms. The Morgan fingerprint density at radius 1 is 1.17 bits per heavy atom. The summed E-state index contributed by atoms with van der Waals surface area (Å²) in [6.45, 7) is 5.27. The number of ether oxygens (including phenoxy) is 3. The van der Waals surface area contributed by atoms with E-state index in [1.54, 1.807) is 0 Å². The van der Waals surface area contributed by atoms with Gasteiger partial charge in [-0.2, -0.15) is 0 Å². The maximum absolute atomic E-state index is 12.0. The predicted octanol–water partition coefficient (Wildman–Crippen LogP) is 1.11. The zero-order chi connectivity index (χ0) is 17.5. The minimum absolute atomic E-state index is 0.00340. The Kier molecular flexibility index (Phi) is 6.93. The Morgan fingerprint density at radius 2 is 1.79 bits per heavy atom. The Balaban J connectivity index is 1.90. The Hall–Kier alpha value is -1.73. The first-order chi connectivity index (χ1) is 11.5. The van der Waals surface area contributed by atoms with Crippen molar-refractivity contribution in [3.05, 3.63) is 11.6 Å². The molecule has 0 radical (unpaired) electrons. The minimum atomic E-state index is -0.533. The van der Waals surface area contributed by atoms with Crippen molar-refractivity contribution >= 4 is 17.8 Å². The smallest absolute Gasteiger partial charge is 0.310 e. The second kappa shape index (κ2) is 8.94. The van der Waals surface area contributed by atoms with Crippen molar-refractivity contribution < 1.29 is 28.6 Å². The van der Waals surface area contributed by atoms with Gasteiger partial charge in [0.05, 0.1) is 25.2 Å². The number of hydrogen-bond acceptors (Lipinski definition) is 6. The van der Waals surface area contributed by atoms with Crippen molar-refractivity contribution in [2.45, 2.75) is 51.7 Å². The van der Waals surface area contributed by atoms with Gasteiger partial charge in [-0.3, -0.25) is 19.7 Å². The van der Waals surface area contributed by atoms with Crippen LogP contribution in [0.1, 0.15) is 39.5 Å². The van der Waals surface area contributed by atoms with Gasteiger partial charge in [0.2, 0.25) is 0 Å². The molecule has 134 valence electrons. The summed E-state index contributed by atoms with van der Waals surface area (Å²) in [5, 5.41) is 2.11. The fourth-order valence-corrected chi connectivity index (χ4v) is 3.22. The minimum Gasteiger partial charge on any atom is -0.465 e. The van der Waals surface area contributed by atoms with Crippen LogP contribution in [0.4, 0.5) is 0 Å². The summed E-state index contributed by atoms with van der Waals surface area (Å²) in [4.78, 5) is 34.5. The van der Waals surface area contributed by atoms with Crippen LogP contribution in [0, 0.1) is 5.92 Å². The Labute approximate surface area is 141 Å². The number of carbonyl (C=O) groups is 3. The van der Waals surface area contributed by atoms with E-state index in [4.69, 9.17) is 14.2 Å². The molecule has 1 saturated carbocycles. The maximum Gasteiger partial charge on any atom is 0.310 e. The van der Waals surface area contributed by atoms with E-state index < -0.39 is 17.8 Å². The van der Waals surface area contributed by atoms with Crippen molar-refractivity contribution in [1.29, 1.82) is 0 Å². The van der Waals surface area contributed by atoms with Crippen molar-refractivity contribution in [2.75, 3.05) is 19.8 Å². The molecule has 1 aliphatic carbocycles. The molecule has 7 heteroatoms. The summed E-state index contributed by atoms with van der Waals surface area (Å²) < 4.78 is 16.9. The van der Waals surface area contributed by atoms with Gasteiger partial charge in [0.1, 0.15) is 0 Å². The summed E-state index contributed by atoms with van der Waals surface area (Å²) in [5.41, 5.74) is 0.136. The quantitative estimate of drug-likeness (QED) is 0.526. The first-order valence-corrected chi connectivity index (χ1v) is 8.49. The molecule has 24 heavy (non-hydrogen) atoms. The van der Waals surface area contributed by atoms with E-state index in [1.165, 1.54) is 0 Å². The summed E-state index contributed by atoms with van der Waals surface area (Å²) in [7, 11) is 0. The van der Waals surface area contributed by atoms with Crippen molar-refractivity contribution in [2.24, 2.45) is 5.92 Å². The molecule has 0 aromatic rings. The van der Waals surface area contributed by atoms with E-state index in [2.05, 4.69) is 5.32 Å². The van der Waals surface area contributed by atoms with Gasteiger partial charge in [0, 0.05) is 30.8 Å². The van der Waals surface area contributed by atoms with Crippen LogP contribution in [0.25, 0.3) is 0 Å².